The summed E-state index contributed by atoms with van der Waals surface area (Å²) in [5.41, 5.74) is 0. The highest BCUT2D eigenvalue weighted by atomic mass is 79.9. The molecule has 2 N–H and O–H groups in total. The Hall–Kier alpha value is -0.920. The number of rotatable bonds is 2. The van der Waals surface area contributed by atoms with Crippen LogP contribution in [-0.4, -0.2) is 45.7 Å². The van der Waals surface area contributed by atoms with Crippen LogP contribution in [0.2, 0.25) is 0 Å². The van der Waals surface area contributed by atoms with E-state index in [1.165, 1.54) is 16.2 Å². The molecule has 1 saturated heterocycles. The van der Waals surface area contributed by atoms with Crippen LogP contribution in [0.4, 0.5) is 0 Å². The Kier molecular flexibility index (Phi) is 3.50. The normalized spacial score (nSPS) is 24.0. The van der Waals surface area contributed by atoms with Crippen molar-refractivity contribution in [1.82, 2.24) is 4.90 Å². The zero-order chi connectivity index (χ0) is 12.6. The monoisotopic (exact) mass is 319 g/mol. The first-order valence-electron chi connectivity index (χ1n) is 4.96. The van der Waals surface area contributed by atoms with Gasteiger partial charge in [0.15, 0.2) is 0 Å². The molecule has 0 unspecified atom stereocenters. The standard InChI is InChI=1S/C10H10BrNO4S/c11-8-2-1-7(17-8)9(14)12-4-5(13)3-6(12)10(15)16/h1-2,5-6,13H,3-4H2,(H,15,16)/t5-,6+/m1/s1. The molecule has 5 nitrogen and oxygen atoms in total. The molecule has 2 atom stereocenters. The van der Waals surface area contributed by atoms with Gasteiger partial charge in [-0.1, -0.05) is 0 Å². The van der Waals surface area contributed by atoms with Crippen LogP contribution in [0.3, 0.4) is 0 Å². The number of aliphatic hydroxyl groups excluding tert-OH is 1. The first-order valence-corrected chi connectivity index (χ1v) is 6.57. The first kappa shape index (κ1) is 12.5. The van der Waals surface area contributed by atoms with Gasteiger partial charge < -0.3 is 15.1 Å². The maximum Gasteiger partial charge on any atom is 0.326 e. The quantitative estimate of drug-likeness (QED) is 0.857. The number of amides is 1. The second-order valence-corrected chi connectivity index (χ2v) is 6.27. The predicted octanol–water partition coefficient (Wildman–Crippen LogP) is 1.17. The van der Waals surface area contributed by atoms with Crippen molar-refractivity contribution in [2.24, 2.45) is 0 Å². The summed E-state index contributed by atoms with van der Waals surface area (Å²) in [5.74, 6) is -1.42. The number of nitrogens with zero attached hydrogens (tertiary/aromatic N) is 1. The minimum Gasteiger partial charge on any atom is -0.480 e. The summed E-state index contributed by atoms with van der Waals surface area (Å²) in [4.78, 5) is 24.7. The van der Waals surface area contributed by atoms with Crippen molar-refractivity contribution in [3.8, 4) is 0 Å². The Labute approximate surface area is 110 Å². The van der Waals surface area contributed by atoms with E-state index in [0.29, 0.717) is 4.88 Å². The molecule has 2 rings (SSSR count). The molecule has 1 amide bonds. The molecule has 0 aromatic carbocycles. The van der Waals surface area contributed by atoms with E-state index in [4.69, 9.17) is 5.11 Å². The van der Waals surface area contributed by atoms with Crippen LogP contribution >= 0.6 is 27.3 Å². The molecule has 2 heterocycles. The Morgan fingerprint density at radius 1 is 1.47 bits per heavy atom. The Morgan fingerprint density at radius 3 is 2.71 bits per heavy atom. The number of carbonyl (C=O) groups excluding carboxylic acids is 1. The average molecular weight is 320 g/mol. The van der Waals surface area contributed by atoms with Gasteiger partial charge in [0.05, 0.1) is 14.8 Å². The van der Waals surface area contributed by atoms with Crippen LogP contribution in [0.25, 0.3) is 0 Å². The van der Waals surface area contributed by atoms with Crippen molar-refractivity contribution >= 4 is 39.1 Å². The van der Waals surface area contributed by atoms with E-state index in [9.17, 15) is 14.7 Å². The smallest absolute Gasteiger partial charge is 0.326 e. The summed E-state index contributed by atoms with van der Waals surface area (Å²) >= 11 is 4.50. The van der Waals surface area contributed by atoms with Gasteiger partial charge in [0.25, 0.3) is 5.91 Å². The van der Waals surface area contributed by atoms with Crippen molar-refractivity contribution in [3.63, 3.8) is 0 Å². The molecule has 0 bridgehead atoms. The van der Waals surface area contributed by atoms with Gasteiger partial charge in [-0.3, -0.25) is 4.79 Å². The van der Waals surface area contributed by atoms with E-state index >= 15 is 0 Å². The number of likely N-dealkylation sites (tertiary alicyclic amines) is 1. The second kappa shape index (κ2) is 4.75. The van der Waals surface area contributed by atoms with Crippen molar-refractivity contribution < 1.29 is 19.8 Å². The van der Waals surface area contributed by atoms with Crippen molar-refractivity contribution in [2.75, 3.05) is 6.54 Å². The molecular weight excluding hydrogens is 310 g/mol. The number of carboxylic acid groups (broad SMARTS) is 1. The van der Waals surface area contributed by atoms with Gasteiger partial charge in [-0.05, 0) is 28.1 Å². The van der Waals surface area contributed by atoms with E-state index in [1.807, 2.05) is 0 Å². The summed E-state index contributed by atoms with van der Waals surface area (Å²) in [6.45, 7) is 0.0747. The third-order valence-electron chi connectivity index (χ3n) is 2.61. The summed E-state index contributed by atoms with van der Waals surface area (Å²) in [5, 5.41) is 18.4. The average Bonchev–Trinajstić information content (AvgIpc) is 2.83. The Bertz CT molecular complexity index is 461. The largest absolute Gasteiger partial charge is 0.480 e. The fourth-order valence-electron chi connectivity index (χ4n) is 1.84. The minimum atomic E-state index is -1.08. The molecule has 17 heavy (non-hydrogen) atoms. The third kappa shape index (κ3) is 2.51. The lowest BCUT2D eigenvalue weighted by Crippen LogP contribution is -2.40. The molecule has 0 radical (unpaired) electrons. The zero-order valence-electron chi connectivity index (χ0n) is 8.67. The summed E-state index contributed by atoms with van der Waals surface area (Å²) in [7, 11) is 0. The highest BCUT2D eigenvalue weighted by Crippen LogP contribution is 2.27. The van der Waals surface area contributed by atoms with Crippen LogP contribution in [-0.2, 0) is 4.79 Å². The van der Waals surface area contributed by atoms with Crippen molar-refractivity contribution in [1.29, 1.82) is 0 Å². The van der Waals surface area contributed by atoms with Crippen molar-refractivity contribution in [2.45, 2.75) is 18.6 Å². The molecule has 1 aliphatic heterocycles. The van der Waals surface area contributed by atoms with Crippen LogP contribution < -0.4 is 0 Å². The van der Waals surface area contributed by atoms with Gasteiger partial charge in [0.2, 0.25) is 0 Å². The Balaban J connectivity index is 2.21. The molecule has 0 saturated carbocycles. The van der Waals surface area contributed by atoms with Crippen LogP contribution in [0.5, 0.6) is 0 Å². The van der Waals surface area contributed by atoms with Gasteiger partial charge in [0.1, 0.15) is 6.04 Å². The lowest BCUT2D eigenvalue weighted by Gasteiger charge is -2.20. The van der Waals surface area contributed by atoms with Gasteiger partial charge in [-0.25, -0.2) is 4.79 Å². The molecular formula is C10H10BrNO4S. The molecule has 0 aliphatic carbocycles. The van der Waals surface area contributed by atoms with E-state index in [2.05, 4.69) is 15.9 Å². The summed E-state index contributed by atoms with van der Waals surface area (Å²) < 4.78 is 0.812. The van der Waals surface area contributed by atoms with E-state index in [0.717, 1.165) is 3.79 Å². The van der Waals surface area contributed by atoms with Crippen molar-refractivity contribution in [3.05, 3.63) is 20.8 Å². The summed E-state index contributed by atoms with van der Waals surface area (Å²) in [6.07, 6.45) is -0.670. The third-order valence-corrected chi connectivity index (χ3v) is 4.22. The van der Waals surface area contributed by atoms with E-state index in [1.54, 1.807) is 12.1 Å². The molecule has 0 spiro atoms. The first-order chi connectivity index (χ1) is 7.99. The number of hydrogen-bond acceptors (Lipinski definition) is 4. The number of carbonyl (C=O) groups is 2. The number of halogens is 1. The Morgan fingerprint density at radius 2 is 2.18 bits per heavy atom. The molecule has 1 aliphatic rings. The number of aliphatic carboxylic acids is 1. The number of carboxylic acids is 1. The number of aliphatic hydroxyl groups is 1. The maximum atomic E-state index is 12.1. The molecule has 7 heteroatoms. The van der Waals surface area contributed by atoms with Crippen LogP contribution in [0.15, 0.2) is 15.9 Å². The number of hydrogen-bond donors (Lipinski definition) is 2. The van der Waals surface area contributed by atoms with Crippen LogP contribution in [0, 0.1) is 0 Å². The number of thiophene rings is 1. The molecule has 1 aromatic heterocycles. The SMILES string of the molecule is O=C(O)[C@@H]1C[C@@H](O)CN1C(=O)c1ccc(Br)s1. The fraction of sp³-hybridized carbons (Fsp3) is 0.400. The highest BCUT2D eigenvalue weighted by molar-refractivity contribution is 9.11. The van der Waals surface area contributed by atoms with Gasteiger partial charge >= 0.3 is 5.97 Å². The lowest BCUT2D eigenvalue weighted by molar-refractivity contribution is -0.141. The van der Waals surface area contributed by atoms with Gasteiger partial charge in [0, 0.05) is 13.0 Å². The summed E-state index contributed by atoms with van der Waals surface area (Å²) in [6, 6.07) is 2.44. The number of β-amino-alcohol motifs (C(OH)–C–C–N with tert-alkyl or cyclic N) is 1. The molecule has 92 valence electrons. The fourth-order valence-corrected chi connectivity index (χ4v) is 3.19. The maximum absolute atomic E-state index is 12.1. The second-order valence-electron chi connectivity index (χ2n) is 3.80. The molecule has 1 fully saturated rings. The zero-order valence-corrected chi connectivity index (χ0v) is 11.1. The predicted molar refractivity (Wildman–Crippen MR) is 65.1 cm³/mol. The topological polar surface area (TPSA) is 77.8 Å². The van der Waals surface area contributed by atoms with E-state index in [-0.39, 0.29) is 18.9 Å². The minimum absolute atomic E-state index is 0.0747. The molecule has 1 aromatic rings. The lowest BCUT2D eigenvalue weighted by atomic mass is 10.2. The highest BCUT2D eigenvalue weighted by Gasteiger charge is 2.39. The van der Waals surface area contributed by atoms with E-state index < -0.39 is 18.1 Å². The van der Waals surface area contributed by atoms with Crippen LogP contribution in [0.1, 0.15) is 16.1 Å². The van der Waals surface area contributed by atoms with Gasteiger partial charge in [-0.15, -0.1) is 11.3 Å². The van der Waals surface area contributed by atoms with Gasteiger partial charge in [-0.2, -0.15) is 0 Å².